The van der Waals surface area contributed by atoms with E-state index >= 15 is 0 Å². The van der Waals surface area contributed by atoms with E-state index in [9.17, 15) is 0 Å². The Labute approximate surface area is 468 Å². The first-order chi connectivity index (χ1) is 39.8. The SMILES string of the molecule is C.c1ccc(-c2ccccc2-c2c3c(c(-c4ccccc4)c4ccccc24)-c2ccc4c5ccc6c7c(-c8ccccc8)c8cc9c(cc8c(-c8ccccc8)c7c7ccc(c8ccc-3c2c48)c5c67)c2cccc3cccc9c32)cc1. The van der Waals surface area contributed by atoms with Crippen molar-refractivity contribution in [2.45, 2.75) is 7.43 Å². The molecule has 0 unspecified atom stereocenters. The molecule has 0 nitrogen and oxygen atoms in total. The highest BCUT2D eigenvalue weighted by Crippen LogP contribution is 2.62. The Kier molecular flexibility index (Phi) is 8.99. The van der Waals surface area contributed by atoms with Crippen molar-refractivity contribution < 1.29 is 0 Å². The summed E-state index contributed by atoms with van der Waals surface area (Å²) in [4.78, 5) is 0. The first-order valence-electron chi connectivity index (χ1n) is 28.1. The van der Waals surface area contributed by atoms with Gasteiger partial charge in [0.25, 0.3) is 0 Å². The molecule has 81 heavy (non-hydrogen) atoms. The highest BCUT2D eigenvalue weighted by atomic mass is 14.4. The van der Waals surface area contributed by atoms with Gasteiger partial charge < -0.3 is 0 Å². The Bertz CT molecular complexity index is 5460. The summed E-state index contributed by atoms with van der Waals surface area (Å²) in [5.41, 5.74) is 17.9. The van der Waals surface area contributed by atoms with Crippen LogP contribution in [0.1, 0.15) is 7.43 Å². The Morgan fingerprint density at radius 1 is 0.148 bits per heavy atom. The molecule has 1 aliphatic carbocycles. The molecule has 0 spiro atoms. The van der Waals surface area contributed by atoms with Crippen LogP contribution < -0.4 is 0 Å². The van der Waals surface area contributed by atoms with Gasteiger partial charge in [0.15, 0.2) is 0 Å². The van der Waals surface area contributed by atoms with Gasteiger partial charge in [0.2, 0.25) is 0 Å². The predicted molar refractivity (Wildman–Crippen MR) is 351 cm³/mol. The molecule has 0 atom stereocenters. The second kappa shape index (κ2) is 16.3. The van der Waals surface area contributed by atoms with Crippen molar-refractivity contribution in [3.8, 4) is 77.9 Å². The highest BCUT2D eigenvalue weighted by molar-refractivity contribution is 6.48. The molecule has 0 saturated carbocycles. The van der Waals surface area contributed by atoms with Gasteiger partial charge in [-0.2, -0.15) is 0 Å². The van der Waals surface area contributed by atoms with Crippen LogP contribution in [-0.2, 0) is 0 Å². The van der Waals surface area contributed by atoms with Gasteiger partial charge in [-0.15, -0.1) is 0 Å². The van der Waals surface area contributed by atoms with Gasteiger partial charge in [0.05, 0.1) is 0 Å². The van der Waals surface area contributed by atoms with Gasteiger partial charge in [-0.3, -0.25) is 0 Å². The van der Waals surface area contributed by atoms with Crippen LogP contribution in [-0.4, -0.2) is 0 Å². The smallest absolute Gasteiger partial charge is 0.000718 e. The second-order valence-corrected chi connectivity index (χ2v) is 22.4. The largest absolute Gasteiger partial charge is 0.0776 e. The van der Waals surface area contributed by atoms with Crippen LogP contribution in [0, 0.1) is 0 Å². The normalized spacial score (nSPS) is 12.3. The van der Waals surface area contributed by atoms with Crippen molar-refractivity contribution in [1.29, 1.82) is 0 Å². The van der Waals surface area contributed by atoms with E-state index in [2.05, 4.69) is 267 Å². The topological polar surface area (TPSA) is 0 Å². The van der Waals surface area contributed by atoms with Crippen molar-refractivity contribution >= 4 is 118 Å². The molecule has 0 heterocycles. The lowest BCUT2D eigenvalue weighted by Gasteiger charge is -2.22. The molecule has 0 amide bonds. The zero-order valence-corrected chi connectivity index (χ0v) is 43.4. The van der Waals surface area contributed by atoms with Gasteiger partial charge in [-0.1, -0.05) is 262 Å². The average molecular weight is 1020 g/mol. The van der Waals surface area contributed by atoms with Crippen LogP contribution in [0.15, 0.2) is 267 Å². The predicted octanol–water partition coefficient (Wildman–Crippen LogP) is 23.3. The minimum absolute atomic E-state index is 0. The van der Waals surface area contributed by atoms with Crippen LogP contribution in [0.5, 0.6) is 0 Å². The molecule has 0 radical (unpaired) electrons. The Hall–Kier alpha value is -10.4. The minimum atomic E-state index is 0. The monoisotopic (exact) mass is 1020 g/mol. The average Bonchev–Trinajstić information content (AvgIpc) is 3.81. The van der Waals surface area contributed by atoms with Crippen LogP contribution >= 0.6 is 0 Å². The lowest BCUT2D eigenvalue weighted by molar-refractivity contribution is 1.59. The van der Waals surface area contributed by atoms with E-state index in [1.165, 1.54) is 196 Å². The third-order valence-corrected chi connectivity index (χ3v) is 18.6. The fourth-order valence-electron chi connectivity index (χ4n) is 15.6. The van der Waals surface area contributed by atoms with Crippen molar-refractivity contribution in [2.24, 2.45) is 0 Å². The first-order valence-corrected chi connectivity index (χ1v) is 28.1. The molecule has 19 rings (SSSR count). The lowest BCUT2D eigenvalue weighted by atomic mass is 9.81. The fraction of sp³-hybridized carbons (Fsp3) is 0.0123. The van der Waals surface area contributed by atoms with E-state index in [4.69, 9.17) is 0 Å². The van der Waals surface area contributed by atoms with E-state index < -0.39 is 0 Å². The molecule has 18 aromatic rings. The maximum atomic E-state index is 2.54. The molecule has 0 fully saturated rings. The zero-order valence-electron chi connectivity index (χ0n) is 43.4. The summed E-state index contributed by atoms with van der Waals surface area (Å²) in [5, 5.41) is 28.9. The van der Waals surface area contributed by atoms with Crippen LogP contribution in [0.25, 0.3) is 196 Å². The third-order valence-electron chi connectivity index (χ3n) is 18.6. The van der Waals surface area contributed by atoms with E-state index in [0.717, 1.165) is 0 Å². The fourth-order valence-corrected chi connectivity index (χ4v) is 15.6. The van der Waals surface area contributed by atoms with Gasteiger partial charge in [-0.25, -0.2) is 0 Å². The summed E-state index contributed by atoms with van der Waals surface area (Å²) in [5.74, 6) is 0. The van der Waals surface area contributed by atoms with E-state index in [0.29, 0.717) is 0 Å². The maximum Gasteiger partial charge on any atom is -0.000718 e. The lowest BCUT2D eigenvalue weighted by Crippen LogP contribution is -1.95. The van der Waals surface area contributed by atoms with Crippen LogP contribution in [0.2, 0.25) is 0 Å². The van der Waals surface area contributed by atoms with Gasteiger partial charge in [0.1, 0.15) is 0 Å². The molecule has 0 aromatic heterocycles. The van der Waals surface area contributed by atoms with Crippen molar-refractivity contribution in [3.63, 3.8) is 0 Å². The summed E-state index contributed by atoms with van der Waals surface area (Å²) in [7, 11) is 0. The molecule has 0 heteroatoms. The van der Waals surface area contributed by atoms with E-state index in [-0.39, 0.29) is 7.43 Å². The van der Waals surface area contributed by atoms with Crippen molar-refractivity contribution in [2.75, 3.05) is 0 Å². The molecule has 18 aromatic carbocycles. The first kappa shape index (κ1) is 44.6. The standard InChI is InChI=1S/C80H44.CH4/c1-5-19-45(20-6-1)50-29-13-14-30-51(50)74-53-32-16-15-31-52(53)69(47-21-7-2-8-22-47)77-60-39-35-58-56-36-40-61-75-62(41-37-57(72(56)75)59-38-42-63(80(74)77)76(60)73(58)59)79-71(49-25-11-4-12-26-49)67-44-65-55-34-18-28-46-27-17-33-54(68(46)55)64(65)43-66(67)70(78(61)79)48-23-9-3-10-24-48;/h1-44H;1H4. The van der Waals surface area contributed by atoms with Gasteiger partial charge in [-0.05, 0) is 209 Å². The summed E-state index contributed by atoms with van der Waals surface area (Å²) < 4.78 is 0. The summed E-state index contributed by atoms with van der Waals surface area (Å²) in [6.07, 6.45) is 0. The Morgan fingerprint density at radius 2 is 0.506 bits per heavy atom. The molecule has 372 valence electrons. The van der Waals surface area contributed by atoms with Gasteiger partial charge >= 0.3 is 0 Å². The molecule has 0 aliphatic heterocycles. The number of fused-ring (bicyclic) bond motifs is 13. The Morgan fingerprint density at radius 3 is 1.02 bits per heavy atom. The molecule has 0 bridgehead atoms. The van der Waals surface area contributed by atoms with Crippen LogP contribution in [0.4, 0.5) is 0 Å². The number of benzene rings is 16. The molecule has 0 saturated heterocycles. The van der Waals surface area contributed by atoms with Crippen LogP contribution in [0.3, 0.4) is 0 Å². The van der Waals surface area contributed by atoms with E-state index in [1.54, 1.807) is 0 Å². The number of rotatable bonds is 5. The molecule has 0 N–H and O–H groups in total. The summed E-state index contributed by atoms with van der Waals surface area (Å²) in [6, 6.07) is 101. The number of hydrogen-bond donors (Lipinski definition) is 0. The zero-order chi connectivity index (χ0) is 51.9. The summed E-state index contributed by atoms with van der Waals surface area (Å²) in [6.45, 7) is 0. The second-order valence-electron chi connectivity index (χ2n) is 22.4. The molecule has 1 aliphatic rings. The molecular formula is C81H48. The quantitative estimate of drug-likeness (QED) is 0.119. The molecular weight excluding hydrogens is 973 g/mol. The number of hydrogen-bond acceptors (Lipinski definition) is 0. The minimum Gasteiger partial charge on any atom is -0.0776 e. The highest BCUT2D eigenvalue weighted by Gasteiger charge is 2.34. The van der Waals surface area contributed by atoms with E-state index in [1.807, 2.05) is 0 Å². The van der Waals surface area contributed by atoms with Crippen molar-refractivity contribution in [3.05, 3.63) is 267 Å². The van der Waals surface area contributed by atoms with Crippen molar-refractivity contribution in [1.82, 2.24) is 0 Å². The maximum absolute atomic E-state index is 2.54. The third kappa shape index (κ3) is 5.73. The summed E-state index contributed by atoms with van der Waals surface area (Å²) >= 11 is 0. The van der Waals surface area contributed by atoms with Gasteiger partial charge in [0, 0.05) is 0 Å². The Balaban J connectivity index is 0.00000505.